The number of phenols is 1. The zero-order valence-corrected chi connectivity index (χ0v) is 5.82. The molecule has 0 aromatic heterocycles. The van der Waals surface area contributed by atoms with E-state index >= 15 is 0 Å². The Balaban J connectivity index is 3.43. The second-order valence-corrected chi connectivity index (χ2v) is 2.09. The van der Waals surface area contributed by atoms with Gasteiger partial charge < -0.3 is 10.8 Å². The fourth-order valence-corrected chi connectivity index (χ4v) is 0.744. The Labute approximate surface area is 66.4 Å². The number of anilines is 1. The minimum atomic E-state index is -1.21. The van der Waals surface area contributed by atoms with Crippen molar-refractivity contribution in [3.8, 4) is 5.75 Å². The normalized spacial score (nSPS) is 9.75. The number of rotatable bonds is 1. The summed E-state index contributed by atoms with van der Waals surface area (Å²) in [5.41, 5.74) is 3.68. The number of hydrogen-bond acceptors (Lipinski definition) is 4. The molecular weight excluding hydrogens is 167 g/mol. The molecular formula is C6H5FN2O3. The van der Waals surface area contributed by atoms with E-state index < -0.39 is 22.2 Å². The van der Waals surface area contributed by atoms with E-state index in [4.69, 9.17) is 10.8 Å². The van der Waals surface area contributed by atoms with Crippen molar-refractivity contribution < 1.29 is 14.4 Å². The molecule has 0 fully saturated rings. The number of nitrogens with zero attached hydrogens (tertiary/aromatic N) is 1. The molecule has 0 bridgehead atoms. The maximum absolute atomic E-state index is 12.8. The molecule has 0 aliphatic rings. The largest absolute Gasteiger partial charge is 0.502 e. The fourth-order valence-electron chi connectivity index (χ4n) is 0.744. The van der Waals surface area contributed by atoms with Crippen LogP contribution >= 0.6 is 0 Å². The summed E-state index contributed by atoms with van der Waals surface area (Å²) in [5.74, 6) is -1.94. The molecule has 0 radical (unpaired) electrons. The van der Waals surface area contributed by atoms with Gasteiger partial charge >= 0.3 is 5.69 Å². The predicted molar refractivity (Wildman–Crippen MR) is 39.1 cm³/mol. The van der Waals surface area contributed by atoms with Gasteiger partial charge in [-0.2, -0.15) is 4.39 Å². The van der Waals surface area contributed by atoms with Gasteiger partial charge in [-0.05, 0) is 12.1 Å². The summed E-state index contributed by atoms with van der Waals surface area (Å²) < 4.78 is 12.8. The molecule has 64 valence electrons. The standard InChI is InChI=1S/C6H5FN2O3/c7-5-3(8)1-2-4(10)6(5)9(11)12/h1-2,10H,8H2. The van der Waals surface area contributed by atoms with Crippen molar-refractivity contribution >= 4 is 11.4 Å². The third-order valence-corrected chi connectivity index (χ3v) is 1.31. The van der Waals surface area contributed by atoms with E-state index in [9.17, 15) is 14.5 Å². The molecule has 0 spiro atoms. The monoisotopic (exact) mass is 172 g/mol. The van der Waals surface area contributed by atoms with Crippen LogP contribution in [-0.2, 0) is 0 Å². The van der Waals surface area contributed by atoms with Crippen LogP contribution in [0, 0.1) is 15.9 Å². The second-order valence-electron chi connectivity index (χ2n) is 2.09. The summed E-state index contributed by atoms with van der Waals surface area (Å²) in [5, 5.41) is 19.0. The first-order valence-electron chi connectivity index (χ1n) is 2.95. The third kappa shape index (κ3) is 1.14. The van der Waals surface area contributed by atoms with Gasteiger partial charge in [-0.3, -0.25) is 10.1 Å². The zero-order chi connectivity index (χ0) is 9.30. The average Bonchev–Trinajstić information content (AvgIpc) is 1.97. The van der Waals surface area contributed by atoms with E-state index in [0.29, 0.717) is 0 Å². The van der Waals surface area contributed by atoms with Crippen molar-refractivity contribution in [2.24, 2.45) is 0 Å². The fraction of sp³-hybridized carbons (Fsp3) is 0. The highest BCUT2D eigenvalue weighted by Gasteiger charge is 2.21. The van der Waals surface area contributed by atoms with Crippen LogP contribution in [0.1, 0.15) is 0 Å². The first-order chi connectivity index (χ1) is 5.54. The van der Waals surface area contributed by atoms with Crippen LogP contribution in [-0.4, -0.2) is 10.0 Å². The summed E-state index contributed by atoms with van der Waals surface area (Å²) in [6, 6.07) is 2.02. The molecule has 3 N–H and O–H groups in total. The van der Waals surface area contributed by atoms with Gasteiger partial charge in [0.05, 0.1) is 10.6 Å². The quantitative estimate of drug-likeness (QED) is 0.286. The van der Waals surface area contributed by atoms with Gasteiger partial charge in [-0.1, -0.05) is 0 Å². The molecule has 0 saturated carbocycles. The van der Waals surface area contributed by atoms with Crippen molar-refractivity contribution in [3.63, 3.8) is 0 Å². The summed E-state index contributed by atoms with van der Waals surface area (Å²) in [6.45, 7) is 0. The van der Waals surface area contributed by atoms with E-state index in [2.05, 4.69) is 0 Å². The Morgan fingerprint density at radius 1 is 1.58 bits per heavy atom. The number of nitrogens with two attached hydrogens (primary N) is 1. The number of phenolic OH excluding ortho intramolecular Hbond substituents is 1. The first kappa shape index (κ1) is 8.25. The minimum absolute atomic E-state index is 0.362. The molecule has 12 heavy (non-hydrogen) atoms. The molecule has 0 aliphatic heterocycles. The molecule has 0 heterocycles. The van der Waals surface area contributed by atoms with E-state index in [1.807, 2.05) is 0 Å². The molecule has 0 amide bonds. The lowest BCUT2D eigenvalue weighted by molar-refractivity contribution is -0.388. The molecule has 1 aromatic rings. The van der Waals surface area contributed by atoms with Gasteiger partial charge in [0.25, 0.3) is 0 Å². The van der Waals surface area contributed by atoms with Crippen molar-refractivity contribution in [3.05, 3.63) is 28.1 Å². The second kappa shape index (κ2) is 2.65. The van der Waals surface area contributed by atoms with Crippen LogP contribution in [0.4, 0.5) is 15.8 Å². The summed E-state index contributed by atoms with van der Waals surface area (Å²) in [7, 11) is 0. The molecule has 1 aromatic carbocycles. The lowest BCUT2D eigenvalue weighted by Crippen LogP contribution is -1.97. The molecule has 1 rings (SSSR count). The van der Waals surface area contributed by atoms with Crippen LogP contribution in [0.5, 0.6) is 5.75 Å². The molecule has 0 atom stereocenters. The van der Waals surface area contributed by atoms with E-state index in [1.165, 1.54) is 0 Å². The number of hydrogen-bond donors (Lipinski definition) is 2. The number of halogens is 1. The Morgan fingerprint density at radius 2 is 2.17 bits per heavy atom. The van der Waals surface area contributed by atoms with Gasteiger partial charge in [0, 0.05) is 0 Å². The Bertz CT molecular complexity index is 340. The number of nitro benzene ring substituents is 1. The van der Waals surface area contributed by atoms with Gasteiger partial charge in [0.15, 0.2) is 5.75 Å². The highest BCUT2D eigenvalue weighted by Crippen LogP contribution is 2.31. The molecule has 0 aliphatic carbocycles. The zero-order valence-electron chi connectivity index (χ0n) is 5.82. The number of nitro groups is 1. The van der Waals surface area contributed by atoms with Crippen LogP contribution in [0.2, 0.25) is 0 Å². The van der Waals surface area contributed by atoms with Crippen LogP contribution in [0.15, 0.2) is 12.1 Å². The van der Waals surface area contributed by atoms with Crippen LogP contribution in [0.3, 0.4) is 0 Å². The molecule has 6 heteroatoms. The van der Waals surface area contributed by atoms with Crippen molar-refractivity contribution in [1.82, 2.24) is 0 Å². The maximum Gasteiger partial charge on any atom is 0.348 e. The van der Waals surface area contributed by atoms with Crippen LogP contribution in [0.25, 0.3) is 0 Å². The highest BCUT2D eigenvalue weighted by atomic mass is 19.1. The van der Waals surface area contributed by atoms with E-state index in [-0.39, 0.29) is 5.69 Å². The lowest BCUT2D eigenvalue weighted by atomic mass is 10.2. The molecule has 0 saturated heterocycles. The summed E-state index contributed by atoms with van der Waals surface area (Å²) in [6.07, 6.45) is 0. The first-order valence-corrected chi connectivity index (χ1v) is 2.95. The summed E-state index contributed by atoms with van der Waals surface area (Å²) in [4.78, 5) is 9.12. The highest BCUT2D eigenvalue weighted by molar-refractivity contribution is 5.57. The molecule has 5 nitrogen and oxygen atoms in total. The predicted octanol–water partition coefficient (Wildman–Crippen LogP) is 1.02. The van der Waals surface area contributed by atoms with Crippen LogP contribution < -0.4 is 5.73 Å². The smallest absolute Gasteiger partial charge is 0.348 e. The lowest BCUT2D eigenvalue weighted by Gasteiger charge is -1.98. The average molecular weight is 172 g/mol. The number of nitrogen functional groups attached to an aromatic ring is 1. The van der Waals surface area contributed by atoms with Gasteiger partial charge in [-0.25, -0.2) is 0 Å². The van der Waals surface area contributed by atoms with Gasteiger partial charge in [-0.15, -0.1) is 0 Å². The Morgan fingerprint density at radius 3 is 2.58 bits per heavy atom. The van der Waals surface area contributed by atoms with Gasteiger partial charge in [0.1, 0.15) is 0 Å². The van der Waals surface area contributed by atoms with Gasteiger partial charge in [0.2, 0.25) is 5.82 Å². The van der Waals surface area contributed by atoms with Crippen molar-refractivity contribution in [2.45, 2.75) is 0 Å². The van der Waals surface area contributed by atoms with E-state index in [0.717, 1.165) is 12.1 Å². The molecule has 0 unspecified atom stereocenters. The maximum atomic E-state index is 12.8. The topological polar surface area (TPSA) is 89.4 Å². The Hall–Kier alpha value is -1.85. The SMILES string of the molecule is Nc1ccc(O)c([N+](=O)[O-])c1F. The van der Waals surface area contributed by atoms with E-state index in [1.54, 1.807) is 0 Å². The van der Waals surface area contributed by atoms with Crippen molar-refractivity contribution in [2.75, 3.05) is 5.73 Å². The minimum Gasteiger partial charge on any atom is -0.502 e. The summed E-state index contributed by atoms with van der Waals surface area (Å²) >= 11 is 0. The number of benzene rings is 1. The number of aromatic hydroxyl groups is 1. The Kier molecular flexibility index (Phi) is 1.82. The third-order valence-electron chi connectivity index (χ3n) is 1.31. The van der Waals surface area contributed by atoms with Crippen molar-refractivity contribution in [1.29, 1.82) is 0 Å².